The summed E-state index contributed by atoms with van der Waals surface area (Å²) in [5.41, 5.74) is 3.28. The molecule has 3 heteroatoms. The SMILES string of the molecule is CCCCCC[Si]1(CCCCCC)c2ccc([Si](C)(C)C)cc2-c2cc([Si](C)(C)C)ccc21. The van der Waals surface area contributed by atoms with Crippen LogP contribution in [0.3, 0.4) is 0 Å². The fourth-order valence-corrected chi connectivity index (χ4v) is 13.7. The molecule has 0 radical (unpaired) electrons. The Morgan fingerprint density at radius 3 is 1.27 bits per heavy atom. The molecular weight excluding hydrogens is 445 g/mol. The molecular formula is C30H50Si3. The standard InChI is InChI=1S/C30H50Si3/c1-9-11-13-15-21-33(22-16-14-12-10-2)29-19-17-25(31(3,4)5)23-27(29)28-24-26(32(6,7)8)18-20-30(28)33/h17-20,23-24H,9-16,21-22H2,1-8H3. The zero-order valence-electron chi connectivity index (χ0n) is 23.0. The van der Waals surface area contributed by atoms with Crippen molar-refractivity contribution in [2.24, 2.45) is 0 Å². The van der Waals surface area contributed by atoms with Crippen LogP contribution in [-0.2, 0) is 0 Å². The minimum atomic E-state index is -1.71. The lowest BCUT2D eigenvalue weighted by Gasteiger charge is -2.31. The van der Waals surface area contributed by atoms with Gasteiger partial charge < -0.3 is 0 Å². The largest absolute Gasteiger partial charge is 0.119 e. The maximum atomic E-state index is 2.65. The smallest absolute Gasteiger partial charge is 0.0656 e. The van der Waals surface area contributed by atoms with Crippen LogP contribution in [0.1, 0.15) is 65.2 Å². The summed E-state index contributed by atoms with van der Waals surface area (Å²) in [6.45, 7) is 19.7. The molecule has 0 saturated heterocycles. The molecule has 0 amide bonds. The van der Waals surface area contributed by atoms with Crippen molar-refractivity contribution in [1.82, 2.24) is 0 Å². The Bertz CT molecular complexity index is 853. The Labute approximate surface area is 208 Å². The van der Waals surface area contributed by atoms with E-state index in [1.54, 1.807) is 31.9 Å². The molecule has 1 aliphatic heterocycles. The van der Waals surface area contributed by atoms with Crippen LogP contribution in [0.4, 0.5) is 0 Å². The highest BCUT2D eigenvalue weighted by molar-refractivity contribution is 7.05. The van der Waals surface area contributed by atoms with Gasteiger partial charge >= 0.3 is 0 Å². The molecule has 0 atom stereocenters. The number of hydrogen-bond acceptors (Lipinski definition) is 0. The number of fused-ring (bicyclic) bond motifs is 3. The second-order valence-electron chi connectivity index (χ2n) is 12.7. The summed E-state index contributed by atoms with van der Waals surface area (Å²) in [4.78, 5) is 0. The van der Waals surface area contributed by atoms with Crippen molar-refractivity contribution in [3.05, 3.63) is 36.4 Å². The minimum absolute atomic E-state index is 1.33. The van der Waals surface area contributed by atoms with E-state index in [2.05, 4.69) is 89.5 Å². The van der Waals surface area contributed by atoms with Crippen LogP contribution in [0, 0.1) is 0 Å². The van der Waals surface area contributed by atoms with E-state index in [-0.39, 0.29) is 0 Å². The normalized spacial score (nSPS) is 14.9. The maximum absolute atomic E-state index is 2.65. The van der Waals surface area contributed by atoms with Crippen LogP contribution in [0.15, 0.2) is 36.4 Å². The van der Waals surface area contributed by atoms with Gasteiger partial charge in [0.2, 0.25) is 0 Å². The first-order valence-electron chi connectivity index (χ1n) is 13.8. The van der Waals surface area contributed by atoms with Crippen molar-refractivity contribution < 1.29 is 0 Å². The topological polar surface area (TPSA) is 0 Å². The lowest BCUT2D eigenvalue weighted by Crippen LogP contribution is -2.55. The summed E-state index contributed by atoms with van der Waals surface area (Å²) in [5, 5.41) is 6.85. The van der Waals surface area contributed by atoms with Gasteiger partial charge in [-0.05, 0) is 33.6 Å². The predicted octanol–water partition coefficient (Wildman–Crippen LogP) is 7.48. The molecule has 0 aliphatic carbocycles. The van der Waals surface area contributed by atoms with E-state index >= 15 is 0 Å². The molecule has 182 valence electrons. The van der Waals surface area contributed by atoms with Gasteiger partial charge in [0.15, 0.2) is 0 Å². The molecule has 0 saturated carbocycles. The summed E-state index contributed by atoms with van der Waals surface area (Å²) in [7, 11) is -4.39. The Kier molecular flexibility index (Phi) is 8.72. The summed E-state index contributed by atoms with van der Waals surface area (Å²) >= 11 is 0. The Morgan fingerprint density at radius 2 is 0.939 bits per heavy atom. The second kappa shape index (κ2) is 10.8. The Hall–Kier alpha value is -0.909. The zero-order valence-corrected chi connectivity index (χ0v) is 26.0. The Balaban J connectivity index is 2.16. The van der Waals surface area contributed by atoms with E-state index in [4.69, 9.17) is 0 Å². The molecule has 0 fully saturated rings. The van der Waals surface area contributed by atoms with Crippen LogP contribution in [-0.4, -0.2) is 24.2 Å². The van der Waals surface area contributed by atoms with E-state index < -0.39 is 24.2 Å². The lowest BCUT2D eigenvalue weighted by atomic mass is 10.1. The van der Waals surface area contributed by atoms with Gasteiger partial charge in [0.1, 0.15) is 8.07 Å². The highest BCUT2D eigenvalue weighted by Crippen LogP contribution is 2.35. The molecule has 1 heterocycles. The highest BCUT2D eigenvalue weighted by atomic mass is 28.3. The summed E-state index contributed by atoms with van der Waals surface area (Å²) in [6.07, 6.45) is 11.1. The van der Waals surface area contributed by atoms with E-state index in [1.165, 1.54) is 63.5 Å². The average molecular weight is 495 g/mol. The van der Waals surface area contributed by atoms with Crippen LogP contribution >= 0.6 is 0 Å². The third-order valence-corrected chi connectivity index (χ3v) is 17.4. The van der Waals surface area contributed by atoms with E-state index in [9.17, 15) is 0 Å². The maximum Gasteiger partial charge on any atom is 0.119 e. The van der Waals surface area contributed by atoms with Crippen molar-refractivity contribution in [2.45, 2.75) is 117 Å². The number of hydrogen-bond donors (Lipinski definition) is 0. The van der Waals surface area contributed by atoms with Crippen molar-refractivity contribution >= 4 is 45.0 Å². The quantitative estimate of drug-likeness (QED) is 0.212. The Morgan fingerprint density at radius 1 is 0.545 bits per heavy atom. The van der Waals surface area contributed by atoms with Gasteiger partial charge in [-0.25, -0.2) is 0 Å². The van der Waals surface area contributed by atoms with E-state index in [0.717, 1.165) is 0 Å². The van der Waals surface area contributed by atoms with Gasteiger partial charge in [-0.15, -0.1) is 0 Å². The van der Waals surface area contributed by atoms with Crippen LogP contribution in [0.25, 0.3) is 11.1 Å². The molecule has 0 unspecified atom stereocenters. The molecule has 2 aromatic rings. The number of benzene rings is 2. The number of rotatable bonds is 12. The van der Waals surface area contributed by atoms with E-state index in [1.807, 2.05) is 0 Å². The third-order valence-electron chi connectivity index (χ3n) is 8.01. The van der Waals surface area contributed by atoms with E-state index in [0.29, 0.717) is 0 Å². The van der Waals surface area contributed by atoms with Crippen molar-refractivity contribution in [1.29, 1.82) is 0 Å². The highest BCUT2D eigenvalue weighted by Gasteiger charge is 2.45. The zero-order chi connectivity index (χ0) is 24.3. The van der Waals surface area contributed by atoms with Crippen molar-refractivity contribution in [3.8, 4) is 11.1 Å². The number of unbranched alkanes of at least 4 members (excludes halogenated alkanes) is 6. The fraction of sp³-hybridized carbons (Fsp3) is 0.600. The van der Waals surface area contributed by atoms with Crippen LogP contribution in [0.2, 0.25) is 51.4 Å². The van der Waals surface area contributed by atoms with Gasteiger partial charge in [0.05, 0.1) is 16.1 Å². The van der Waals surface area contributed by atoms with Gasteiger partial charge in [0.25, 0.3) is 0 Å². The molecule has 0 nitrogen and oxygen atoms in total. The molecule has 1 aliphatic rings. The lowest BCUT2D eigenvalue weighted by molar-refractivity contribution is 0.684. The molecule has 0 aromatic heterocycles. The molecule has 0 spiro atoms. The summed E-state index contributed by atoms with van der Waals surface area (Å²) < 4.78 is 0. The van der Waals surface area contributed by atoms with Gasteiger partial charge in [-0.3, -0.25) is 0 Å². The van der Waals surface area contributed by atoms with Gasteiger partial charge in [-0.2, -0.15) is 0 Å². The first-order chi connectivity index (χ1) is 15.5. The van der Waals surface area contributed by atoms with Crippen molar-refractivity contribution in [3.63, 3.8) is 0 Å². The molecule has 33 heavy (non-hydrogen) atoms. The summed E-state index contributed by atoms with van der Waals surface area (Å²) in [5.74, 6) is 0. The fourth-order valence-electron chi connectivity index (χ4n) is 5.82. The molecule has 0 N–H and O–H groups in total. The molecule has 2 aromatic carbocycles. The first kappa shape index (κ1) is 26.7. The average Bonchev–Trinajstić information content (AvgIpc) is 3.02. The summed E-state index contributed by atoms with van der Waals surface area (Å²) in [6, 6.07) is 18.6. The molecule has 0 bridgehead atoms. The minimum Gasteiger partial charge on any atom is -0.0656 e. The van der Waals surface area contributed by atoms with Gasteiger partial charge in [0, 0.05) is 0 Å². The predicted molar refractivity (Wildman–Crippen MR) is 161 cm³/mol. The van der Waals surface area contributed by atoms with Crippen LogP contribution in [0.5, 0.6) is 0 Å². The monoisotopic (exact) mass is 494 g/mol. The van der Waals surface area contributed by atoms with Crippen LogP contribution < -0.4 is 20.7 Å². The van der Waals surface area contributed by atoms with Crippen molar-refractivity contribution in [2.75, 3.05) is 0 Å². The van der Waals surface area contributed by atoms with Gasteiger partial charge in [-0.1, -0.05) is 151 Å². The third kappa shape index (κ3) is 5.85. The molecule has 3 rings (SSSR count). The first-order valence-corrected chi connectivity index (χ1v) is 23.3. The second-order valence-corrected chi connectivity index (χ2v) is 27.1.